The summed E-state index contributed by atoms with van der Waals surface area (Å²) in [6, 6.07) is 8.43. The third kappa shape index (κ3) is 2.66. The van der Waals surface area contributed by atoms with Gasteiger partial charge in [0.05, 0.1) is 0 Å². The molecule has 1 aromatic rings. The van der Waals surface area contributed by atoms with E-state index < -0.39 is 0 Å². The van der Waals surface area contributed by atoms with E-state index in [4.69, 9.17) is 23.2 Å². The van der Waals surface area contributed by atoms with Crippen LogP contribution in [0.4, 0.5) is 0 Å². The highest BCUT2D eigenvalue weighted by Crippen LogP contribution is 2.53. The van der Waals surface area contributed by atoms with Gasteiger partial charge in [-0.15, -0.1) is 23.2 Å². The molecule has 2 saturated carbocycles. The van der Waals surface area contributed by atoms with Crippen LogP contribution in [0, 0.1) is 17.8 Å². The molecule has 20 heavy (non-hydrogen) atoms. The van der Waals surface area contributed by atoms with Crippen molar-refractivity contribution >= 4 is 39.1 Å². The molecule has 0 radical (unpaired) electrons. The molecular weight excluding hydrogens is 355 g/mol. The molecule has 0 spiro atoms. The van der Waals surface area contributed by atoms with Gasteiger partial charge in [0.2, 0.25) is 0 Å². The molecular formula is C17H21BrCl2. The highest BCUT2D eigenvalue weighted by atomic mass is 79.9. The Labute approximate surface area is 140 Å². The van der Waals surface area contributed by atoms with Gasteiger partial charge in [-0.25, -0.2) is 0 Å². The molecule has 0 N–H and O–H groups in total. The van der Waals surface area contributed by atoms with E-state index in [0.29, 0.717) is 11.8 Å². The minimum absolute atomic E-state index is 0.0850. The summed E-state index contributed by atoms with van der Waals surface area (Å²) in [6.07, 6.45) is 6.85. The quantitative estimate of drug-likeness (QED) is 0.554. The Hall–Kier alpha value is 0.280. The van der Waals surface area contributed by atoms with Gasteiger partial charge in [-0.3, -0.25) is 0 Å². The van der Waals surface area contributed by atoms with Crippen molar-refractivity contribution in [3.63, 3.8) is 0 Å². The van der Waals surface area contributed by atoms with E-state index in [2.05, 4.69) is 40.2 Å². The molecule has 110 valence electrons. The van der Waals surface area contributed by atoms with E-state index in [1.165, 1.54) is 31.2 Å². The number of alkyl halides is 2. The van der Waals surface area contributed by atoms with Crippen LogP contribution in [0.25, 0.3) is 0 Å². The second kappa shape index (κ2) is 6.18. The van der Waals surface area contributed by atoms with Crippen molar-refractivity contribution < 1.29 is 0 Å². The fourth-order valence-corrected chi connectivity index (χ4v) is 5.92. The van der Waals surface area contributed by atoms with E-state index in [0.717, 1.165) is 28.6 Å². The first-order chi connectivity index (χ1) is 9.68. The highest BCUT2D eigenvalue weighted by Gasteiger charge is 2.44. The van der Waals surface area contributed by atoms with E-state index in [9.17, 15) is 0 Å². The van der Waals surface area contributed by atoms with E-state index in [1.807, 2.05) is 0 Å². The summed E-state index contributed by atoms with van der Waals surface area (Å²) >= 11 is 16.5. The standard InChI is InChI=1S/C17H21BrCl2/c18-16-4-2-1-3-15(16)17(10-19,11-20)9-14-8-12-5-6-13(14)7-12/h1-4,12-14H,5-11H2. The summed E-state index contributed by atoms with van der Waals surface area (Å²) in [7, 11) is 0. The van der Waals surface area contributed by atoms with Crippen molar-refractivity contribution in [2.75, 3.05) is 11.8 Å². The lowest BCUT2D eigenvalue weighted by Gasteiger charge is -2.36. The molecule has 3 atom stereocenters. The average molecular weight is 376 g/mol. The number of halogens is 3. The lowest BCUT2D eigenvalue weighted by molar-refractivity contribution is 0.263. The van der Waals surface area contributed by atoms with Crippen LogP contribution >= 0.6 is 39.1 Å². The zero-order chi connectivity index (χ0) is 14.2. The topological polar surface area (TPSA) is 0 Å². The molecule has 2 bridgehead atoms. The van der Waals surface area contributed by atoms with Crippen LogP contribution < -0.4 is 0 Å². The summed E-state index contributed by atoms with van der Waals surface area (Å²) in [5.74, 6) is 3.93. The molecule has 0 aromatic heterocycles. The first kappa shape index (κ1) is 15.2. The maximum Gasteiger partial charge on any atom is 0.0332 e. The molecule has 0 aliphatic heterocycles. The fourth-order valence-electron chi connectivity index (χ4n) is 4.42. The monoisotopic (exact) mass is 374 g/mol. The van der Waals surface area contributed by atoms with Gasteiger partial charge in [-0.05, 0) is 55.1 Å². The van der Waals surface area contributed by atoms with Crippen molar-refractivity contribution in [1.82, 2.24) is 0 Å². The summed E-state index contributed by atoms with van der Waals surface area (Å²) in [6.45, 7) is 0. The fraction of sp³-hybridized carbons (Fsp3) is 0.647. The summed E-state index contributed by atoms with van der Waals surface area (Å²) in [5.41, 5.74) is 1.20. The van der Waals surface area contributed by atoms with Crippen LogP contribution in [-0.4, -0.2) is 11.8 Å². The summed E-state index contributed by atoms with van der Waals surface area (Å²) < 4.78 is 1.14. The van der Waals surface area contributed by atoms with Crippen LogP contribution in [0.3, 0.4) is 0 Å². The van der Waals surface area contributed by atoms with Gasteiger partial charge in [-0.1, -0.05) is 40.5 Å². The third-order valence-electron chi connectivity index (χ3n) is 5.49. The Morgan fingerprint density at radius 3 is 2.40 bits per heavy atom. The number of fused-ring (bicyclic) bond motifs is 2. The minimum atomic E-state index is -0.0850. The largest absolute Gasteiger partial charge is 0.126 e. The van der Waals surface area contributed by atoms with Gasteiger partial charge in [0.1, 0.15) is 0 Å². The Morgan fingerprint density at radius 2 is 1.85 bits per heavy atom. The Balaban J connectivity index is 1.86. The van der Waals surface area contributed by atoms with Crippen molar-refractivity contribution in [1.29, 1.82) is 0 Å². The van der Waals surface area contributed by atoms with Gasteiger partial charge < -0.3 is 0 Å². The molecule has 0 saturated heterocycles. The molecule has 2 fully saturated rings. The summed E-state index contributed by atoms with van der Waals surface area (Å²) in [4.78, 5) is 0. The van der Waals surface area contributed by atoms with Crippen LogP contribution in [0.2, 0.25) is 0 Å². The van der Waals surface area contributed by atoms with Crippen molar-refractivity contribution in [2.45, 2.75) is 37.5 Å². The number of benzene rings is 1. The molecule has 0 heterocycles. The van der Waals surface area contributed by atoms with Crippen LogP contribution in [0.5, 0.6) is 0 Å². The molecule has 2 aliphatic carbocycles. The van der Waals surface area contributed by atoms with Gasteiger partial charge in [0, 0.05) is 21.6 Å². The second-order valence-electron chi connectivity index (χ2n) is 6.67. The normalized spacial score (nSPS) is 29.1. The predicted octanol–water partition coefficient (Wildman–Crippen LogP) is 5.99. The summed E-state index contributed by atoms with van der Waals surface area (Å²) in [5, 5.41) is 0. The zero-order valence-corrected chi connectivity index (χ0v) is 14.7. The minimum Gasteiger partial charge on any atom is -0.126 e. The van der Waals surface area contributed by atoms with E-state index >= 15 is 0 Å². The van der Waals surface area contributed by atoms with E-state index in [-0.39, 0.29) is 5.41 Å². The SMILES string of the molecule is ClCC(CCl)(CC1CC2CCC1C2)c1ccccc1Br. The Bertz CT molecular complexity index is 470. The molecule has 2 aliphatic rings. The zero-order valence-electron chi connectivity index (χ0n) is 11.6. The van der Waals surface area contributed by atoms with Crippen molar-refractivity contribution in [3.05, 3.63) is 34.3 Å². The van der Waals surface area contributed by atoms with Gasteiger partial charge in [0.15, 0.2) is 0 Å². The van der Waals surface area contributed by atoms with Crippen LogP contribution in [0.1, 0.15) is 37.7 Å². The molecule has 0 nitrogen and oxygen atoms in total. The molecule has 3 heteroatoms. The molecule has 3 rings (SSSR count). The second-order valence-corrected chi connectivity index (χ2v) is 8.06. The van der Waals surface area contributed by atoms with E-state index in [1.54, 1.807) is 0 Å². The highest BCUT2D eigenvalue weighted by molar-refractivity contribution is 9.10. The van der Waals surface area contributed by atoms with Crippen LogP contribution in [-0.2, 0) is 5.41 Å². The number of hydrogen-bond acceptors (Lipinski definition) is 0. The molecule has 1 aromatic carbocycles. The van der Waals surface area contributed by atoms with Crippen molar-refractivity contribution in [3.8, 4) is 0 Å². The van der Waals surface area contributed by atoms with Gasteiger partial charge >= 0.3 is 0 Å². The number of rotatable bonds is 5. The Kier molecular flexibility index (Phi) is 4.69. The molecule has 0 amide bonds. The first-order valence-electron chi connectivity index (χ1n) is 7.55. The maximum absolute atomic E-state index is 6.41. The molecule has 3 unspecified atom stereocenters. The number of hydrogen-bond donors (Lipinski definition) is 0. The average Bonchev–Trinajstić information content (AvgIpc) is 3.08. The predicted molar refractivity (Wildman–Crippen MR) is 90.8 cm³/mol. The van der Waals surface area contributed by atoms with Gasteiger partial charge in [0.25, 0.3) is 0 Å². The smallest absolute Gasteiger partial charge is 0.0332 e. The third-order valence-corrected chi connectivity index (χ3v) is 7.21. The lowest BCUT2D eigenvalue weighted by Crippen LogP contribution is -2.35. The van der Waals surface area contributed by atoms with Crippen LogP contribution in [0.15, 0.2) is 28.7 Å². The lowest BCUT2D eigenvalue weighted by atomic mass is 9.72. The Morgan fingerprint density at radius 1 is 1.10 bits per heavy atom. The van der Waals surface area contributed by atoms with Crippen molar-refractivity contribution in [2.24, 2.45) is 17.8 Å². The first-order valence-corrected chi connectivity index (χ1v) is 9.41. The van der Waals surface area contributed by atoms with Gasteiger partial charge in [-0.2, -0.15) is 0 Å². The maximum atomic E-state index is 6.41.